The third-order valence-electron chi connectivity index (χ3n) is 25.8. The summed E-state index contributed by atoms with van der Waals surface area (Å²) in [6, 6.07) is 55.0. The lowest BCUT2D eigenvalue weighted by Gasteiger charge is -2.40. The Bertz CT molecular complexity index is 5030. The Balaban J connectivity index is 0.000000132. The second-order valence-corrected chi connectivity index (χ2v) is 34.3. The molecule has 0 spiro atoms. The van der Waals surface area contributed by atoms with E-state index in [-0.39, 0.29) is 76.7 Å². The quantitative estimate of drug-likeness (QED) is 0.0828. The van der Waals surface area contributed by atoms with E-state index >= 15 is 0 Å². The zero-order valence-corrected chi connectivity index (χ0v) is 66.0. The van der Waals surface area contributed by atoms with Crippen LogP contribution in [0.2, 0.25) is 0 Å². The molecule has 0 radical (unpaired) electrons. The van der Waals surface area contributed by atoms with Crippen molar-refractivity contribution in [2.24, 2.45) is 101 Å². The minimum atomic E-state index is -3.26. The van der Waals surface area contributed by atoms with Crippen molar-refractivity contribution in [1.29, 1.82) is 21.0 Å². The number of rotatable bonds is 12. The summed E-state index contributed by atoms with van der Waals surface area (Å²) in [5.74, 6) is 5.78. The Morgan fingerprint density at radius 3 is 1.19 bits per heavy atom. The van der Waals surface area contributed by atoms with Crippen molar-refractivity contribution in [2.75, 3.05) is 19.7 Å². The normalized spacial score (nSPS) is 29.6. The monoisotopic (exact) mass is 1520 g/mol. The van der Waals surface area contributed by atoms with Gasteiger partial charge in [-0.1, -0.05) is 177 Å². The molecular formula is C94H98N12O6S. The van der Waals surface area contributed by atoms with Crippen LogP contribution in [0.3, 0.4) is 0 Å². The third kappa shape index (κ3) is 17.7. The van der Waals surface area contributed by atoms with Crippen molar-refractivity contribution in [3.8, 4) is 68.8 Å². The number of amides is 3. The lowest BCUT2D eigenvalue weighted by Crippen LogP contribution is -2.48. The molecule has 113 heavy (non-hydrogen) atoms. The van der Waals surface area contributed by atoms with E-state index < -0.39 is 10.0 Å². The number of benzene rings is 4. The van der Waals surface area contributed by atoms with E-state index in [0.717, 1.165) is 99.5 Å². The number of nitrogens with one attached hydrogen (secondary N) is 4. The smallest absolute Gasteiger partial charge is 0.315 e. The number of nitrogens with zero attached hydrogens (tertiary/aromatic N) is 8. The van der Waals surface area contributed by atoms with Gasteiger partial charge in [0.15, 0.2) is 0 Å². The van der Waals surface area contributed by atoms with Gasteiger partial charge in [-0.3, -0.25) is 29.5 Å². The number of esters is 1. The minimum absolute atomic E-state index is 0.0236. The molecule has 0 unspecified atom stereocenters. The summed E-state index contributed by atoms with van der Waals surface area (Å²) in [6.07, 6.45) is 27.9. The maximum absolute atomic E-state index is 12.5. The molecule has 8 aromatic rings. The van der Waals surface area contributed by atoms with Gasteiger partial charge in [-0.15, -0.1) is 0 Å². The SMILES string of the molecule is C[C@H]1[C@H](/C=C/c2ccc(-c3ccccc3C#N)cn2)[C@@H]2NC(=O)N[C@@H]2C[C@@H]1C.C[C@H]1[C@H](/C=C/c2ccc(-c3ccccc3C#N)cn2)[C@@H]2[C@@H](CNS2(=O)=O)C[C@@H]1C.C[C@H]1[C@H](/C=C/c2ccc(-c3ccccc3C#N)cn2)[C@H]2C(=O)NC[C@H]2C[C@@H]1C.C[C@H]1[C@H](/C=C/c2ccc(-c3ccccc3C#N)cn2)[C@H]2C(=O)OC[C@H]2C[C@@H]1C. The molecule has 0 bridgehead atoms. The molecule has 4 aromatic carbocycles. The number of pyridine rings is 4. The van der Waals surface area contributed by atoms with Gasteiger partial charge in [0.1, 0.15) is 0 Å². The van der Waals surface area contributed by atoms with Crippen LogP contribution in [0.4, 0.5) is 4.79 Å². The van der Waals surface area contributed by atoms with Gasteiger partial charge in [-0.05, 0) is 175 Å². The Kier molecular flexibility index (Phi) is 25.0. The largest absolute Gasteiger partial charge is 0.465 e. The first kappa shape index (κ1) is 79.6. The van der Waals surface area contributed by atoms with Crippen LogP contribution in [0.1, 0.15) is 126 Å². The standard InChI is InChI=1S/C24H25N3O.C24H24N2O2.C23H24N4O.C23H25N3O2S/c1-15-11-19-14-27-24(28)23(19)21(16(15)2)10-9-20-8-7-18(13-26-20)22-6-4-3-5-17(22)12-25;1-15-11-19-14-28-24(27)23(19)21(16(15)2)10-9-20-8-7-18(13-26-20)22-6-4-3-5-17(22)12-25;1-14-11-21-22(27-23(28)26-21)19(15(14)2)10-9-18-8-7-17(13-25-18)20-6-4-3-5-16(20)12-24;1-15-11-19-14-26-29(27,28)23(19)21(16(15)2)10-9-20-8-7-18(13-25-20)22-6-4-3-5-17(22)12-24/h3-10,13,15-16,19,21,23H,11,14H2,1-2H3,(H,27,28);3-10,13,15-16,19,21,23H,11,14H2,1-2H3;3-10,13-15,19,21-22H,11H2,1-2H3,(H2,26,27,28);3-10,13,15-16,19,21,23,26H,11,14H2,1-2H3/b4*10-9+/t2*15-,16+,19+,21-,23-;14-,15+,19-,21+,22-;15-,16+,19+,21-,23-/m0000/s1. The summed E-state index contributed by atoms with van der Waals surface area (Å²) in [5, 5.41) is 46.0. The molecule has 576 valence electrons. The van der Waals surface area contributed by atoms with Gasteiger partial charge in [0.25, 0.3) is 0 Å². The number of aromatic nitrogens is 4. The Hall–Kier alpha value is -11.5. The van der Waals surface area contributed by atoms with E-state index in [1.807, 2.05) is 182 Å². The van der Waals surface area contributed by atoms with Crippen LogP contribution in [0.15, 0.2) is 195 Å². The molecule has 8 heterocycles. The lowest BCUT2D eigenvalue weighted by atomic mass is 9.64. The number of fused-ring (bicyclic) bond motifs is 4. The number of hydrogen-bond acceptors (Lipinski definition) is 14. The number of allylic oxidation sites excluding steroid dienone is 3. The van der Waals surface area contributed by atoms with Crippen molar-refractivity contribution >= 4 is 52.2 Å². The van der Waals surface area contributed by atoms with Gasteiger partial charge >= 0.3 is 12.0 Å². The van der Waals surface area contributed by atoms with Gasteiger partial charge < -0.3 is 20.7 Å². The topological polar surface area (TPSA) is 289 Å². The molecule has 4 N–H and O–H groups in total. The Morgan fingerprint density at radius 1 is 0.416 bits per heavy atom. The second kappa shape index (κ2) is 35.5. The van der Waals surface area contributed by atoms with E-state index in [4.69, 9.17) is 4.74 Å². The van der Waals surface area contributed by atoms with E-state index in [2.05, 4.69) is 139 Å². The highest BCUT2D eigenvalue weighted by molar-refractivity contribution is 7.90. The van der Waals surface area contributed by atoms with Crippen molar-refractivity contribution in [1.82, 2.24) is 40.6 Å². The highest BCUT2D eigenvalue weighted by atomic mass is 32.2. The first-order valence-electron chi connectivity index (χ1n) is 39.7. The second-order valence-electron chi connectivity index (χ2n) is 32.4. The number of cyclic esters (lactones) is 1. The lowest BCUT2D eigenvalue weighted by molar-refractivity contribution is -0.143. The number of carbonyl (C=O) groups excluding carboxylic acids is 3. The minimum Gasteiger partial charge on any atom is -0.465 e. The van der Waals surface area contributed by atoms with Crippen LogP contribution in [-0.4, -0.2) is 83.3 Å². The van der Waals surface area contributed by atoms with Crippen molar-refractivity contribution in [3.05, 3.63) is 240 Å². The van der Waals surface area contributed by atoms with E-state index in [0.29, 0.717) is 94.6 Å². The maximum Gasteiger partial charge on any atom is 0.315 e. The van der Waals surface area contributed by atoms with Crippen molar-refractivity contribution in [3.63, 3.8) is 0 Å². The molecule has 18 nitrogen and oxygen atoms in total. The zero-order chi connectivity index (χ0) is 79.6. The Morgan fingerprint density at radius 2 is 0.779 bits per heavy atom. The maximum atomic E-state index is 12.5. The van der Waals surface area contributed by atoms with Gasteiger partial charge in [0.05, 0.1) is 99.2 Å². The number of urea groups is 1. The van der Waals surface area contributed by atoms with Gasteiger partial charge in [0.2, 0.25) is 15.9 Å². The van der Waals surface area contributed by atoms with Crippen molar-refractivity contribution < 1.29 is 27.5 Å². The molecule has 4 aliphatic heterocycles. The summed E-state index contributed by atoms with van der Waals surface area (Å²) in [7, 11) is -3.26. The molecule has 4 saturated heterocycles. The predicted molar refractivity (Wildman–Crippen MR) is 441 cm³/mol. The fourth-order valence-corrected chi connectivity index (χ4v) is 20.8. The fraction of sp³-hybridized carbons (Fsp3) is 0.372. The number of hydrogen-bond donors (Lipinski definition) is 4. The highest BCUT2D eigenvalue weighted by Crippen LogP contribution is 2.49. The molecular weight excluding hydrogens is 1430 g/mol. The summed E-state index contributed by atoms with van der Waals surface area (Å²) >= 11 is 0. The average molecular weight is 1520 g/mol. The number of sulfonamides is 1. The first-order chi connectivity index (χ1) is 54.6. The molecule has 16 rings (SSSR count). The van der Waals surface area contributed by atoms with Crippen LogP contribution in [0, 0.1) is 146 Å². The van der Waals surface area contributed by atoms with Gasteiger partial charge in [-0.2, -0.15) is 21.0 Å². The van der Waals surface area contributed by atoms with E-state index in [1.54, 1.807) is 18.5 Å². The summed E-state index contributed by atoms with van der Waals surface area (Å²) in [5.41, 5.74) is 13.2. The molecule has 4 aliphatic carbocycles. The highest BCUT2D eigenvalue weighted by Gasteiger charge is 2.52. The molecule has 8 fully saturated rings. The van der Waals surface area contributed by atoms with Crippen LogP contribution >= 0.6 is 0 Å². The summed E-state index contributed by atoms with van der Waals surface area (Å²) in [4.78, 5) is 54.6. The third-order valence-corrected chi connectivity index (χ3v) is 27.8. The molecule has 4 aromatic heterocycles. The molecule has 3 amide bonds. The predicted octanol–water partition coefficient (Wildman–Crippen LogP) is 16.8. The van der Waals surface area contributed by atoms with Crippen LogP contribution in [0.5, 0.6) is 0 Å². The molecule has 8 aliphatic rings. The molecule has 19 heteroatoms. The van der Waals surface area contributed by atoms with Gasteiger partial charge in [0, 0.05) is 100 Å². The number of ether oxygens (including phenoxy) is 1. The summed E-state index contributed by atoms with van der Waals surface area (Å²) < 4.78 is 33.2. The van der Waals surface area contributed by atoms with E-state index in [1.165, 1.54) is 0 Å². The van der Waals surface area contributed by atoms with E-state index in [9.17, 15) is 43.8 Å². The van der Waals surface area contributed by atoms with Gasteiger partial charge in [-0.25, -0.2) is 17.9 Å². The first-order valence-corrected chi connectivity index (χ1v) is 41.2. The Labute approximate surface area is 664 Å². The average Bonchev–Trinajstić information content (AvgIpc) is 1.34. The number of nitriles is 4. The number of carbonyl (C=O) groups is 3. The van der Waals surface area contributed by atoms with Crippen molar-refractivity contribution in [2.45, 2.75) is 98.4 Å². The molecule has 4 saturated carbocycles. The van der Waals surface area contributed by atoms with Crippen LogP contribution in [-0.2, 0) is 24.3 Å². The van der Waals surface area contributed by atoms with Crippen LogP contribution < -0.4 is 20.7 Å². The zero-order valence-electron chi connectivity index (χ0n) is 65.2. The van der Waals surface area contributed by atoms with Crippen LogP contribution in [0.25, 0.3) is 68.8 Å². The fourth-order valence-electron chi connectivity index (χ4n) is 18.7. The molecule has 20 atom stereocenters. The summed E-state index contributed by atoms with van der Waals surface area (Å²) in [6.45, 7) is 19.9.